The molecule has 4 N–H and O–H groups in total. The van der Waals surface area contributed by atoms with Crippen LogP contribution in [0.1, 0.15) is 12.5 Å². The van der Waals surface area contributed by atoms with Gasteiger partial charge in [0.05, 0.1) is 17.6 Å². The molecule has 6 heteroatoms. The van der Waals surface area contributed by atoms with Crippen molar-refractivity contribution in [2.24, 2.45) is 5.84 Å². The highest BCUT2D eigenvalue weighted by Gasteiger charge is 2.22. The predicted molar refractivity (Wildman–Crippen MR) is 74.0 cm³/mol. The second kappa shape index (κ2) is 5.71. The number of amides is 1. The van der Waals surface area contributed by atoms with Crippen molar-refractivity contribution >= 4 is 23.4 Å². The van der Waals surface area contributed by atoms with E-state index in [0.29, 0.717) is 6.67 Å². The van der Waals surface area contributed by atoms with Gasteiger partial charge >= 0.3 is 0 Å². The molecule has 18 heavy (non-hydrogen) atoms. The third kappa shape index (κ3) is 3.02. The van der Waals surface area contributed by atoms with Gasteiger partial charge in [0.1, 0.15) is 0 Å². The molecule has 0 saturated carbocycles. The summed E-state index contributed by atoms with van der Waals surface area (Å²) in [6.45, 7) is 3.32. The molecule has 0 fully saturated rings. The Bertz CT molecular complexity index is 452. The summed E-state index contributed by atoms with van der Waals surface area (Å²) in [4.78, 5) is 14.8. The predicted octanol–water partition coefficient (Wildman–Crippen LogP) is 0.972. The lowest BCUT2D eigenvalue weighted by Crippen LogP contribution is -2.35. The Morgan fingerprint density at radius 1 is 1.56 bits per heavy atom. The molecular weight excluding hydrogens is 248 g/mol. The third-order valence-electron chi connectivity index (χ3n) is 2.79. The van der Waals surface area contributed by atoms with Gasteiger partial charge in [-0.25, -0.2) is 5.43 Å². The molecule has 98 valence electrons. The number of hydrogen-bond acceptors (Lipinski definition) is 5. The number of hydrogen-bond donors (Lipinski definition) is 3. The number of nitrogens with zero attached hydrogens (tertiary/aromatic N) is 1. The number of nitrogens with two attached hydrogens (primary N) is 1. The highest BCUT2D eigenvalue weighted by Crippen LogP contribution is 2.35. The summed E-state index contributed by atoms with van der Waals surface area (Å²) in [6.07, 6.45) is 0. The molecule has 5 nitrogen and oxygen atoms in total. The molecule has 0 bridgehead atoms. The van der Waals surface area contributed by atoms with Gasteiger partial charge in [-0.15, -0.1) is 11.8 Å². The minimum Gasteiger partial charge on any atom is -0.324 e. The van der Waals surface area contributed by atoms with Crippen molar-refractivity contribution in [3.05, 3.63) is 23.8 Å². The Morgan fingerprint density at radius 3 is 3.06 bits per heavy atom. The molecule has 0 radical (unpaired) electrons. The van der Waals surface area contributed by atoms with Crippen LogP contribution in [0.5, 0.6) is 0 Å². The van der Waals surface area contributed by atoms with Crippen molar-refractivity contribution in [3.8, 4) is 0 Å². The number of nitrogens with one attached hydrogen (secondary N) is 2. The summed E-state index contributed by atoms with van der Waals surface area (Å²) in [5.41, 5.74) is 4.68. The maximum absolute atomic E-state index is 11.6. The number of rotatable bonds is 4. The monoisotopic (exact) mass is 266 g/mol. The van der Waals surface area contributed by atoms with Crippen LogP contribution < -0.4 is 16.6 Å². The summed E-state index contributed by atoms with van der Waals surface area (Å²) < 4.78 is 0. The Labute approximate surface area is 111 Å². The zero-order valence-electron chi connectivity index (χ0n) is 10.6. The van der Waals surface area contributed by atoms with Crippen molar-refractivity contribution in [1.29, 1.82) is 0 Å². The molecule has 2 rings (SSSR count). The van der Waals surface area contributed by atoms with Crippen LogP contribution in [0.3, 0.4) is 0 Å². The first-order chi connectivity index (χ1) is 8.60. The standard InChI is InChI=1S/C12H18N4OS/c1-8-12(17)15-10-5-9(3-4-11(10)18-8)6-16(2)7-14-13/h3-5,8,14H,6-7,13H2,1-2H3,(H,15,17). The van der Waals surface area contributed by atoms with Crippen molar-refractivity contribution in [3.63, 3.8) is 0 Å². The first-order valence-electron chi connectivity index (χ1n) is 5.82. The van der Waals surface area contributed by atoms with Crippen LogP contribution >= 0.6 is 11.8 Å². The van der Waals surface area contributed by atoms with Crippen LogP contribution in [0.15, 0.2) is 23.1 Å². The van der Waals surface area contributed by atoms with E-state index in [1.807, 2.05) is 20.0 Å². The molecular formula is C12H18N4OS. The van der Waals surface area contributed by atoms with E-state index in [1.54, 1.807) is 11.8 Å². The largest absolute Gasteiger partial charge is 0.324 e. The van der Waals surface area contributed by atoms with E-state index in [0.717, 1.165) is 22.7 Å². The second-order valence-corrected chi connectivity index (χ2v) is 5.84. The molecule has 1 aliphatic rings. The quantitative estimate of drug-likeness (QED) is 0.430. The van der Waals surface area contributed by atoms with Gasteiger partial charge < -0.3 is 5.32 Å². The smallest absolute Gasteiger partial charge is 0.237 e. The Morgan fingerprint density at radius 2 is 2.33 bits per heavy atom. The van der Waals surface area contributed by atoms with E-state index in [2.05, 4.69) is 27.8 Å². The SMILES string of the molecule is CC1Sc2ccc(CN(C)CNN)cc2NC1=O. The lowest BCUT2D eigenvalue weighted by atomic mass is 10.2. The van der Waals surface area contributed by atoms with Crippen molar-refractivity contribution in [1.82, 2.24) is 10.3 Å². The number of anilines is 1. The zero-order chi connectivity index (χ0) is 13.1. The van der Waals surface area contributed by atoms with E-state index in [4.69, 9.17) is 5.84 Å². The van der Waals surface area contributed by atoms with Crippen LogP contribution in [0, 0.1) is 0 Å². The van der Waals surface area contributed by atoms with E-state index in [1.165, 1.54) is 0 Å². The van der Waals surface area contributed by atoms with Crippen LogP contribution in [0.4, 0.5) is 5.69 Å². The Hall–Kier alpha value is -1.08. The van der Waals surface area contributed by atoms with Crippen LogP contribution in [0.25, 0.3) is 0 Å². The fourth-order valence-corrected chi connectivity index (χ4v) is 2.81. The summed E-state index contributed by atoms with van der Waals surface area (Å²) in [7, 11) is 1.98. The number of benzene rings is 1. The molecule has 1 amide bonds. The number of carbonyl (C=O) groups excluding carboxylic acids is 1. The van der Waals surface area contributed by atoms with Crippen LogP contribution in [-0.2, 0) is 11.3 Å². The van der Waals surface area contributed by atoms with Gasteiger partial charge in [0.25, 0.3) is 0 Å². The topological polar surface area (TPSA) is 70.4 Å². The number of carbonyl (C=O) groups is 1. The minimum atomic E-state index is -0.0209. The molecule has 0 aliphatic carbocycles. The lowest BCUT2D eigenvalue weighted by Gasteiger charge is -2.23. The molecule has 1 heterocycles. The van der Waals surface area contributed by atoms with Crippen molar-refractivity contribution in [2.45, 2.75) is 23.6 Å². The summed E-state index contributed by atoms with van der Waals surface area (Å²) in [6, 6.07) is 6.18. The van der Waals surface area contributed by atoms with Gasteiger partial charge in [-0.1, -0.05) is 6.07 Å². The molecule has 0 aromatic heterocycles. The number of hydrazine groups is 1. The average molecular weight is 266 g/mol. The fraction of sp³-hybridized carbons (Fsp3) is 0.417. The third-order valence-corrected chi connectivity index (χ3v) is 3.97. The first kappa shape index (κ1) is 13.4. The molecule has 1 unspecified atom stereocenters. The van der Waals surface area contributed by atoms with Gasteiger partial charge in [-0.2, -0.15) is 0 Å². The van der Waals surface area contributed by atoms with Crippen molar-refractivity contribution < 1.29 is 4.79 Å². The highest BCUT2D eigenvalue weighted by molar-refractivity contribution is 8.00. The normalized spacial score (nSPS) is 18.7. The summed E-state index contributed by atoms with van der Waals surface area (Å²) in [5.74, 6) is 5.35. The van der Waals surface area contributed by atoms with Gasteiger partial charge in [0.15, 0.2) is 0 Å². The van der Waals surface area contributed by atoms with Gasteiger partial charge in [0, 0.05) is 11.4 Å². The molecule has 1 aromatic carbocycles. The second-order valence-electron chi connectivity index (χ2n) is 4.46. The number of fused-ring (bicyclic) bond motifs is 1. The van der Waals surface area contributed by atoms with Gasteiger partial charge in [0.2, 0.25) is 5.91 Å². The van der Waals surface area contributed by atoms with Crippen LogP contribution in [0.2, 0.25) is 0 Å². The van der Waals surface area contributed by atoms with Gasteiger partial charge in [-0.05, 0) is 31.7 Å². The molecule has 0 saturated heterocycles. The lowest BCUT2D eigenvalue weighted by molar-refractivity contribution is -0.115. The molecule has 0 spiro atoms. The number of thioether (sulfide) groups is 1. The fourth-order valence-electron chi connectivity index (χ4n) is 1.88. The van der Waals surface area contributed by atoms with Gasteiger partial charge in [-0.3, -0.25) is 15.5 Å². The average Bonchev–Trinajstić information content (AvgIpc) is 2.31. The van der Waals surface area contributed by atoms with Crippen molar-refractivity contribution in [2.75, 3.05) is 19.0 Å². The Balaban J connectivity index is 2.12. The molecule has 1 aromatic rings. The van der Waals surface area contributed by atoms with E-state index in [9.17, 15) is 4.79 Å². The molecule has 1 aliphatic heterocycles. The first-order valence-corrected chi connectivity index (χ1v) is 6.70. The summed E-state index contributed by atoms with van der Waals surface area (Å²) in [5, 5.41) is 2.92. The highest BCUT2D eigenvalue weighted by atomic mass is 32.2. The van der Waals surface area contributed by atoms with E-state index < -0.39 is 0 Å². The zero-order valence-corrected chi connectivity index (χ0v) is 11.4. The van der Waals surface area contributed by atoms with E-state index in [-0.39, 0.29) is 11.2 Å². The maximum Gasteiger partial charge on any atom is 0.237 e. The summed E-state index contributed by atoms with van der Waals surface area (Å²) >= 11 is 1.60. The van der Waals surface area contributed by atoms with Crippen LogP contribution in [-0.4, -0.2) is 29.8 Å². The minimum absolute atomic E-state index is 0.0209. The van der Waals surface area contributed by atoms with E-state index >= 15 is 0 Å². The maximum atomic E-state index is 11.6. The Kier molecular flexibility index (Phi) is 4.23. The molecule has 1 atom stereocenters.